The molecule has 0 heterocycles. The Morgan fingerprint density at radius 1 is 1.32 bits per heavy atom. The monoisotopic (exact) mass is 314 g/mol. The summed E-state index contributed by atoms with van der Waals surface area (Å²) < 4.78 is 5.55. The summed E-state index contributed by atoms with van der Waals surface area (Å²) in [5.41, 5.74) is 2.04. The highest BCUT2D eigenvalue weighted by atomic mass is 35.5. The number of amides is 1. The van der Waals surface area contributed by atoms with Gasteiger partial charge in [0.05, 0.1) is 11.6 Å². The van der Waals surface area contributed by atoms with Crippen molar-refractivity contribution in [3.8, 4) is 11.8 Å². The molecule has 0 aliphatic rings. The number of carbonyl (C=O) groups is 1. The Morgan fingerprint density at radius 3 is 2.77 bits per heavy atom. The van der Waals surface area contributed by atoms with E-state index in [0.717, 1.165) is 5.56 Å². The van der Waals surface area contributed by atoms with Gasteiger partial charge in [0.15, 0.2) is 6.10 Å². The van der Waals surface area contributed by atoms with Crippen LogP contribution in [0.2, 0.25) is 5.02 Å². The summed E-state index contributed by atoms with van der Waals surface area (Å²) in [6.45, 7) is 3.53. The number of nitrogens with zero attached hydrogens (tertiary/aromatic N) is 1. The van der Waals surface area contributed by atoms with Gasteiger partial charge in [-0.3, -0.25) is 4.79 Å². The third-order valence-corrected chi connectivity index (χ3v) is 3.49. The highest BCUT2D eigenvalue weighted by Crippen LogP contribution is 2.20. The number of benzene rings is 2. The Morgan fingerprint density at radius 2 is 2.09 bits per heavy atom. The number of hydrogen-bond donors (Lipinski definition) is 1. The molecule has 1 atom stereocenters. The van der Waals surface area contributed by atoms with E-state index in [9.17, 15) is 4.79 Å². The predicted molar refractivity (Wildman–Crippen MR) is 86.1 cm³/mol. The maximum Gasteiger partial charge on any atom is 0.265 e. The van der Waals surface area contributed by atoms with Crippen molar-refractivity contribution < 1.29 is 9.53 Å². The molecule has 1 amide bonds. The smallest absolute Gasteiger partial charge is 0.265 e. The molecule has 0 saturated carbocycles. The molecule has 2 aromatic rings. The van der Waals surface area contributed by atoms with Crippen molar-refractivity contribution in [1.29, 1.82) is 5.26 Å². The topological polar surface area (TPSA) is 62.1 Å². The van der Waals surface area contributed by atoms with Gasteiger partial charge in [0.1, 0.15) is 5.75 Å². The quantitative estimate of drug-likeness (QED) is 0.930. The van der Waals surface area contributed by atoms with Crippen LogP contribution in [0.5, 0.6) is 5.75 Å². The van der Waals surface area contributed by atoms with E-state index < -0.39 is 6.10 Å². The fourth-order valence-corrected chi connectivity index (χ4v) is 1.99. The van der Waals surface area contributed by atoms with Crippen LogP contribution in [-0.4, -0.2) is 12.0 Å². The molecule has 0 spiro atoms. The summed E-state index contributed by atoms with van der Waals surface area (Å²) in [7, 11) is 0. The average molecular weight is 315 g/mol. The van der Waals surface area contributed by atoms with Gasteiger partial charge in [-0.05, 0) is 49.7 Å². The predicted octanol–water partition coefficient (Wildman–Crippen LogP) is 3.93. The Labute approximate surface area is 134 Å². The zero-order valence-corrected chi connectivity index (χ0v) is 13.0. The molecule has 1 unspecified atom stereocenters. The summed E-state index contributed by atoms with van der Waals surface area (Å²) in [5.74, 6) is 0.186. The lowest BCUT2D eigenvalue weighted by molar-refractivity contribution is -0.122. The van der Waals surface area contributed by atoms with E-state index in [-0.39, 0.29) is 5.91 Å². The molecule has 0 aromatic heterocycles. The molecule has 2 rings (SSSR count). The summed E-state index contributed by atoms with van der Waals surface area (Å²) in [6, 6.07) is 14.0. The lowest BCUT2D eigenvalue weighted by Gasteiger charge is -2.15. The number of aryl methyl sites for hydroxylation is 1. The molecule has 0 aliphatic heterocycles. The van der Waals surface area contributed by atoms with E-state index in [4.69, 9.17) is 21.6 Å². The Hall–Kier alpha value is -2.51. The number of halogens is 1. The molecule has 1 N–H and O–H groups in total. The van der Waals surface area contributed by atoms with Crippen LogP contribution >= 0.6 is 11.6 Å². The van der Waals surface area contributed by atoms with Gasteiger partial charge < -0.3 is 10.1 Å². The summed E-state index contributed by atoms with van der Waals surface area (Å²) >= 11 is 6.03. The van der Waals surface area contributed by atoms with E-state index in [1.54, 1.807) is 43.3 Å². The second-order valence-electron chi connectivity index (χ2n) is 4.85. The van der Waals surface area contributed by atoms with E-state index in [1.165, 1.54) is 0 Å². The molecular weight excluding hydrogens is 300 g/mol. The normalized spacial score (nSPS) is 11.4. The van der Waals surface area contributed by atoms with E-state index in [2.05, 4.69) is 5.32 Å². The van der Waals surface area contributed by atoms with Crippen molar-refractivity contribution >= 4 is 23.2 Å². The number of anilines is 1. The van der Waals surface area contributed by atoms with Crippen LogP contribution in [0.4, 0.5) is 5.69 Å². The second-order valence-corrected chi connectivity index (χ2v) is 5.26. The highest BCUT2D eigenvalue weighted by Gasteiger charge is 2.15. The van der Waals surface area contributed by atoms with Crippen LogP contribution in [0.1, 0.15) is 18.1 Å². The first-order chi connectivity index (χ1) is 10.5. The van der Waals surface area contributed by atoms with Gasteiger partial charge in [0.2, 0.25) is 0 Å². The maximum atomic E-state index is 12.1. The van der Waals surface area contributed by atoms with Crippen LogP contribution in [0, 0.1) is 18.3 Å². The van der Waals surface area contributed by atoms with Crippen molar-refractivity contribution in [2.24, 2.45) is 0 Å². The third kappa shape index (κ3) is 4.00. The number of nitrogens with one attached hydrogen (secondary N) is 1. The zero-order chi connectivity index (χ0) is 16.1. The molecule has 4 nitrogen and oxygen atoms in total. The van der Waals surface area contributed by atoms with Gasteiger partial charge in [-0.25, -0.2) is 0 Å². The van der Waals surface area contributed by atoms with Gasteiger partial charge in [0, 0.05) is 10.7 Å². The summed E-state index contributed by atoms with van der Waals surface area (Å²) in [4.78, 5) is 12.1. The van der Waals surface area contributed by atoms with Gasteiger partial charge in [-0.2, -0.15) is 5.26 Å². The SMILES string of the molecule is Cc1ccc(NC(=O)C(C)Oc2cccc(C#N)c2)cc1Cl. The molecule has 0 saturated heterocycles. The minimum Gasteiger partial charge on any atom is -0.481 e. The molecule has 0 aliphatic carbocycles. The number of nitriles is 1. The average Bonchev–Trinajstić information content (AvgIpc) is 2.51. The molecule has 22 heavy (non-hydrogen) atoms. The molecule has 5 heteroatoms. The van der Waals surface area contributed by atoms with Crippen molar-refractivity contribution in [2.45, 2.75) is 20.0 Å². The van der Waals surface area contributed by atoms with Crippen LogP contribution in [-0.2, 0) is 4.79 Å². The molecular formula is C17H15ClN2O2. The minimum absolute atomic E-state index is 0.290. The van der Waals surface area contributed by atoms with Gasteiger partial charge >= 0.3 is 0 Å². The van der Waals surface area contributed by atoms with Crippen LogP contribution in [0.25, 0.3) is 0 Å². The van der Waals surface area contributed by atoms with Crippen LogP contribution in [0.15, 0.2) is 42.5 Å². The van der Waals surface area contributed by atoms with Crippen LogP contribution < -0.4 is 10.1 Å². The van der Waals surface area contributed by atoms with Gasteiger partial charge in [-0.1, -0.05) is 23.7 Å². The van der Waals surface area contributed by atoms with Gasteiger partial charge in [0.25, 0.3) is 5.91 Å². The number of ether oxygens (including phenoxy) is 1. The lowest BCUT2D eigenvalue weighted by atomic mass is 10.2. The Balaban J connectivity index is 2.02. The summed E-state index contributed by atoms with van der Waals surface area (Å²) in [6.07, 6.45) is -0.700. The van der Waals surface area contributed by atoms with E-state index in [0.29, 0.717) is 22.0 Å². The zero-order valence-electron chi connectivity index (χ0n) is 12.3. The standard InChI is InChI=1S/C17H15ClN2O2/c1-11-6-7-14(9-16(11)18)20-17(21)12(2)22-15-5-3-4-13(8-15)10-19/h3-9,12H,1-2H3,(H,20,21). The Kier molecular flexibility index (Phi) is 5.03. The maximum absolute atomic E-state index is 12.1. The molecule has 112 valence electrons. The van der Waals surface area contributed by atoms with Crippen molar-refractivity contribution in [3.63, 3.8) is 0 Å². The Bertz CT molecular complexity index is 738. The van der Waals surface area contributed by atoms with Gasteiger partial charge in [-0.15, -0.1) is 0 Å². The molecule has 0 fully saturated rings. The fourth-order valence-electron chi connectivity index (χ4n) is 1.81. The largest absolute Gasteiger partial charge is 0.481 e. The number of rotatable bonds is 4. The lowest BCUT2D eigenvalue weighted by Crippen LogP contribution is -2.30. The molecule has 0 bridgehead atoms. The van der Waals surface area contributed by atoms with E-state index >= 15 is 0 Å². The minimum atomic E-state index is -0.700. The fraction of sp³-hybridized carbons (Fsp3) is 0.176. The second kappa shape index (κ2) is 6.97. The van der Waals surface area contributed by atoms with Crippen molar-refractivity contribution in [1.82, 2.24) is 0 Å². The van der Waals surface area contributed by atoms with Crippen LogP contribution in [0.3, 0.4) is 0 Å². The third-order valence-electron chi connectivity index (χ3n) is 3.08. The number of carbonyl (C=O) groups excluding carboxylic acids is 1. The molecule has 0 radical (unpaired) electrons. The summed E-state index contributed by atoms with van der Waals surface area (Å²) in [5, 5.41) is 12.2. The molecule has 2 aromatic carbocycles. The highest BCUT2D eigenvalue weighted by molar-refractivity contribution is 6.31. The van der Waals surface area contributed by atoms with Crippen molar-refractivity contribution in [3.05, 3.63) is 58.6 Å². The van der Waals surface area contributed by atoms with Crippen molar-refractivity contribution in [2.75, 3.05) is 5.32 Å². The first-order valence-electron chi connectivity index (χ1n) is 6.73. The van der Waals surface area contributed by atoms with E-state index in [1.807, 2.05) is 19.1 Å². The number of hydrogen-bond acceptors (Lipinski definition) is 3. The first-order valence-corrected chi connectivity index (χ1v) is 7.11. The first kappa shape index (κ1) is 15.9.